The Balaban J connectivity index is 1.54. The first-order valence-electron chi connectivity index (χ1n) is 9.77. The number of hydrogen-bond donors (Lipinski definition) is 3. The highest BCUT2D eigenvalue weighted by Crippen LogP contribution is 2.25. The third kappa shape index (κ3) is 4.99. The van der Waals surface area contributed by atoms with Crippen molar-refractivity contribution in [3.05, 3.63) is 96.6 Å². The van der Waals surface area contributed by atoms with Crippen molar-refractivity contribution in [3.8, 4) is 5.75 Å². The molecule has 160 valence electrons. The van der Waals surface area contributed by atoms with Crippen molar-refractivity contribution in [3.63, 3.8) is 0 Å². The van der Waals surface area contributed by atoms with E-state index in [4.69, 9.17) is 4.74 Å². The Kier molecular flexibility index (Phi) is 6.22. The van der Waals surface area contributed by atoms with E-state index in [2.05, 4.69) is 25.9 Å². The summed E-state index contributed by atoms with van der Waals surface area (Å²) in [5, 5.41) is 9.11. The van der Waals surface area contributed by atoms with E-state index in [1.807, 2.05) is 24.3 Å². The molecule has 0 spiro atoms. The summed E-state index contributed by atoms with van der Waals surface area (Å²) in [4.78, 5) is 21.7. The molecule has 2 aromatic carbocycles. The van der Waals surface area contributed by atoms with Crippen molar-refractivity contribution >= 4 is 34.6 Å². The average molecular weight is 429 g/mol. The van der Waals surface area contributed by atoms with Crippen LogP contribution in [0.4, 0.5) is 33.1 Å². The molecule has 2 heterocycles. The highest BCUT2D eigenvalue weighted by molar-refractivity contribution is 6.09. The fraction of sp³-hybridized carbons (Fsp3) is 0.0417. The lowest BCUT2D eigenvalue weighted by Gasteiger charge is -2.14. The second-order valence-electron chi connectivity index (χ2n) is 6.74. The lowest BCUT2D eigenvalue weighted by molar-refractivity contribution is 0.102. The summed E-state index contributed by atoms with van der Waals surface area (Å²) in [6.45, 7) is 0. The van der Waals surface area contributed by atoms with E-state index in [1.54, 1.807) is 55.9 Å². The maximum atomic E-state index is 13.2. The van der Waals surface area contributed by atoms with E-state index in [0.29, 0.717) is 28.6 Å². The van der Waals surface area contributed by atoms with Gasteiger partial charge in [-0.25, -0.2) is 14.4 Å². The monoisotopic (exact) mass is 429 g/mol. The number of anilines is 5. The maximum absolute atomic E-state index is 13.2. The predicted molar refractivity (Wildman–Crippen MR) is 122 cm³/mol. The number of rotatable bonds is 7. The van der Waals surface area contributed by atoms with Crippen molar-refractivity contribution in [2.75, 3.05) is 23.1 Å². The standard InChI is InChI=1S/C24H20FN5O2/c1-32-19-12-10-18(11-13-19)28-22-20(4-2-14-26-22)24(31)30-21-5-3-15-27-23(21)29-17-8-6-16(25)7-9-17/h2-15H,1H3,(H,26,28)(H,27,29)(H,30,31). The molecular formula is C24H20FN5O2. The minimum atomic E-state index is -0.357. The van der Waals surface area contributed by atoms with Crippen LogP contribution in [-0.4, -0.2) is 23.0 Å². The van der Waals surface area contributed by atoms with Crippen molar-refractivity contribution in [2.24, 2.45) is 0 Å². The van der Waals surface area contributed by atoms with Crippen LogP contribution in [0.1, 0.15) is 10.4 Å². The van der Waals surface area contributed by atoms with Gasteiger partial charge in [0.2, 0.25) is 0 Å². The molecule has 4 aromatic rings. The normalized spacial score (nSPS) is 10.3. The molecule has 1 amide bonds. The third-order valence-corrected chi connectivity index (χ3v) is 4.57. The zero-order chi connectivity index (χ0) is 22.3. The van der Waals surface area contributed by atoms with Gasteiger partial charge in [0.25, 0.3) is 5.91 Å². The largest absolute Gasteiger partial charge is 0.497 e. The van der Waals surface area contributed by atoms with Gasteiger partial charge in [-0.1, -0.05) is 0 Å². The van der Waals surface area contributed by atoms with Gasteiger partial charge in [-0.2, -0.15) is 0 Å². The number of nitrogens with zero attached hydrogens (tertiary/aromatic N) is 2. The average Bonchev–Trinajstić information content (AvgIpc) is 2.82. The lowest BCUT2D eigenvalue weighted by atomic mass is 10.2. The SMILES string of the molecule is COc1ccc(Nc2ncccc2C(=O)Nc2cccnc2Nc2ccc(F)cc2)cc1. The van der Waals surface area contributed by atoms with Crippen molar-refractivity contribution in [1.82, 2.24) is 9.97 Å². The molecular weight excluding hydrogens is 409 g/mol. The number of amides is 1. The Bertz CT molecular complexity index is 1210. The molecule has 0 fully saturated rings. The van der Waals surface area contributed by atoms with Crippen LogP contribution in [0.25, 0.3) is 0 Å². The van der Waals surface area contributed by atoms with Crippen molar-refractivity contribution in [2.45, 2.75) is 0 Å². The molecule has 0 aliphatic carbocycles. The Morgan fingerprint density at radius 1 is 0.812 bits per heavy atom. The van der Waals surface area contributed by atoms with E-state index in [0.717, 1.165) is 11.4 Å². The van der Waals surface area contributed by atoms with E-state index < -0.39 is 0 Å². The van der Waals surface area contributed by atoms with Crippen LogP contribution in [0.15, 0.2) is 85.2 Å². The van der Waals surface area contributed by atoms with Gasteiger partial charge >= 0.3 is 0 Å². The van der Waals surface area contributed by atoms with Crippen molar-refractivity contribution in [1.29, 1.82) is 0 Å². The quantitative estimate of drug-likeness (QED) is 0.366. The van der Waals surface area contributed by atoms with Crippen molar-refractivity contribution < 1.29 is 13.9 Å². The summed E-state index contributed by atoms with van der Waals surface area (Å²) in [6, 6.07) is 20.0. The predicted octanol–water partition coefficient (Wildman–Crippen LogP) is 5.36. The fourth-order valence-corrected chi connectivity index (χ4v) is 2.96. The molecule has 0 aliphatic rings. The molecule has 2 aromatic heterocycles. The number of hydrogen-bond acceptors (Lipinski definition) is 6. The number of halogens is 1. The van der Waals surface area contributed by atoms with Crippen LogP contribution in [0.2, 0.25) is 0 Å². The molecule has 0 saturated heterocycles. The molecule has 0 bridgehead atoms. The lowest BCUT2D eigenvalue weighted by Crippen LogP contribution is -2.16. The molecule has 0 radical (unpaired) electrons. The molecule has 32 heavy (non-hydrogen) atoms. The highest BCUT2D eigenvalue weighted by atomic mass is 19.1. The van der Waals surface area contributed by atoms with Gasteiger partial charge in [0.1, 0.15) is 17.4 Å². The van der Waals surface area contributed by atoms with Gasteiger partial charge in [0.15, 0.2) is 5.82 Å². The van der Waals surface area contributed by atoms with E-state index in [9.17, 15) is 9.18 Å². The summed E-state index contributed by atoms with van der Waals surface area (Å²) in [6.07, 6.45) is 3.20. The number of methoxy groups -OCH3 is 1. The van der Waals surface area contributed by atoms with Crippen LogP contribution in [0, 0.1) is 5.82 Å². The first-order valence-corrected chi connectivity index (χ1v) is 9.77. The van der Waals surface area contributed by atoms with Gasteiger partial charge in [-0.3, -0.25) is 4.79 Å². The summed E-state index contributed by atoms with van der Waals surface area (Å²) >= 11 is 0. The van der Waals surface area contributed by atoms with Gasteiger partial charge in [0, 0.05) is 23.8 Å². The first kappa shape index (κ1) is 20.8. The Hall–Kier alpha value is -4.46. The minimum Gasteiger partial charge on any atom is -0.497 e. The number of benzene rings is 2. The molecule has 4 rings (SSSR count). The van der Waals surface area contributed by atoms with Crippen LogP contribution < -0.4 is 20.7 Å². The number of ether oxygens (including phenoxy) is 1. The minimum absolute atomic E-state index is 0.335. The summed E-state index contributed by atoms with van der Waals surface area (Å²) in [5.74, 6) is 0.878. The van der Waals surface area contributed by atoms with Gasteiger partial charge in [0.05, 0.1) is 18.4 Å². The molecule has 0 unspecified atom stereocenters. The molecule has 7 nitrogen and oxygen atoms in total. The summed E-state index contributed by atoms with van der Waals surface area (Å²) in [5.41, 5.74) is 2.24. The molecule has 3 N–H and O–H groups in total. The molecule has 0 atom stereocenters. The number of pyridine rings is 2. The van der Waals surface area contributed by atoms with Crippen LogP contribution in [-0.2, 0) is 0 Å². The molecule has 0 saturated carbocycles. The van der Waals surface area contributed by atoms with Crippen LogP contribution in [0.5, 0.6) is 5.75 Å². The first-order chi connectivity index (χ1) is 15.6. The van der Waals surface area contributed by atoms with E-state index in [-0.39, 0.29) is 11.7 Å². The number of nitrogens with one attached hydrogen (secondary N) is 3. The third-order valence-electron chi connectivity index (χ3n) is 4.57. The zero-order valence-electron chi connectivity index (χ0n) is 17.2. The fourth-order valence-electron chi connectivity index (χ4n) is 2.96. The maximum Gasteiger partial charge on any atom is 0.259 e. The zero-order valence-corrected chi connectivity index (χ0v) is 17.2. The second kappa shape index (κ2) is 9.57. The van der Waals surface area contributed by atoms with Gasteiger partial charge in [-0.05, 0) is 72.8 Å². The Morgan fingerprint density at radius 2 is 1.41 bits per heavy atom. The molecule has 8 heteroatoms. The summed E-state index contributed by atoms with van der Waals surface area (Å²) < 4.78 is 18.3. The Morgan fingerprint density at radius 3 is 2.09 bits per heavy atom. The van der Waals surface area contributed by atoms with E-state index >= 15 is 0 Å². The smallest absolute Gasteiger partial charge is 0.259 e. The molecule has 0 aliphatic heterocycles. The van der Waals surface area contributed by atoms with E-state index in [1.165, 1.54) is 12.1 Å². The number of carbonyl (C=O) groups is 1. The number of carbonyl (C=O) groups excluding carboxylic acids is 1. The summed E-state index contributed by atoms with van der Waals surface area (Å²) in [7, 11) is 1.60. The topological polar surface area (TPSA) is 88.2 Å². The Labute approximate surface area is 184 Å². The highest BCUT2D eigenvalue weighted by Gasteiger charge is 2.15. The van der Waals surface area contributed by atoms with Gasteiger partial charge in [-0.15, -0.1) is 0 Å². The number of aromatic nitrogens is 2. The second-order valence-corrected chi connectivity index (χ2v) is 6.74. The van der Waals surface area contributed by atoms with Crippen LogP contribution in [0.3, 0.4) is 0 Å². The van der Waals surface area contributed by atoms with Gasteiger partial charge < -0.3 is 20.7 Å². The van der Waals surface area contributed by atoms with Crippen LogP contribution >= 0.6 is 0 Å².